The number of halogens is 3. The summed E-state index contributed by atoms with van der Waals surface area (Å²) in [6.45, 7) is -0.0450. The van der Waals surface area contributed by atoms with Gasteiger partial charge in [0.2, 0.25) is 0 Å². The van der Waals surface area contributed by atoms with Gasteiger partial charge < -0.3 is 5.32 Å². The molecular formula is C8H11F3N4O. The minimum Gasteiger partial charge on any atom is -0.348 e. The van der Waals surface area contributed by atoms with Crippen LogP contribution in [0.2, 0.25) is 0 Å². The van der Waals surface area contributed by atoms with Crippen molar-refractivity contribution in [2.75, 3.05) is 6.54 Å². The summed E-state index contributed by atoms with van der Waals surface area (Å²) in [4.78, 5) is 14.3. The van der Waals surface area contributed by atoms with Gasteiger partial charge in [0.05, 0.1) is 0 Å². The van der Waals surface area contributed by atoms with E-state index >= 15 is 0 Å². The molecule has 0 spiro atoms. The molecule has 0 unspecified atom stereocenters. The molecule has 1 aromatic rings. The van der Waals surface area contributed by atoms with Gasteiger partial charge in [-0.15, -0.1) is 0 Å². The van der Waals surface area contributed by atoms with E-state index in [0.29, 0.717) is 18.7 Å². The van der Waals surface area contributed by atoms with E-state index in [2.05, 4.69) is 10.1 Å². The van der Waals surface area contributed by atoms with E-state index in [1.807, 2.05) is 0 Å². The van der Waals surface area contributed by atoms with E-state index < -0.39 is 12.1 Å². The molecular weight excluding hydrogens is 225 g/mol. The summed E-state index contributed by atoms with van der Waals surface area (Å²) in [5.74, 6) is -1.37. The number of amides is 1. The highest BCUT2D eigenvalue weighted by atomic mass is 19.4. The summed E-state index contributed by atoms with van der Waals surface area (Å²) in [5, 5.41) is 5.72. The summed E-state index contributed by atoms with van der Waals surface area (Å²) < 4.78 is 36.8. The van der Waals surface area contributed by atoms with E-state index in [0.717, 1.165) is 0 Å². The second-order valence-corrected chi connectivity index (χ2v) is 3.19. The van der Waals surface area contributed by atoms with Crippen LogP contribution in [0.1, 0.15) is 12.2 Å². The van der Waals surface area contributed by atoms with Gasteiger partial charge in [-0.1, -0.05) is 0 Å². The Kier molecular flexibility index (Phi) is 3.86. The largest absolute Gasteiger partial charge is 0.471 e. The van der Waals surface area contributed by atoms with Crippen LogP contribution in [0.3, 0.4) is 0 Å². The molecule has 16 heavy (non-hydrogen) atoms. The summed E-state index contributed by atoms with van der Waals surface area (Å²) in [6.07, 6.45) is -2.52. The van der Waals surface area contributed by atoms with Crippen molar-refractivity contribution in [1.82, 2.24) is 20.1 Å². The van der Waals surface area contributed by atoms with E-state index in [-0.39, 0.29) is 6.54 Å². The fraction of sp³-hybridized carbons (Fsp3) is 0.625. The summed E-state index contributed by atoms with van der Waals surface area (Å²) in [5.41, 5.74) is 0. The molecule has 0 radical (unpaired) electrons. The molecule has 1 amide bonds. The van der Waals surface area contributed by atoms with Gasteiger partial charge in [0.15, 0.2) is 5.82 Å². The third kappa shape index (κ3) is 3.87. The first-order valence-electron chi connectivity index (χ1n) is 4.59. The average molecular weight is 236 g/mol. The Morgan fingerprint density at radius 2 is 2.25 bits per heavy atom. The molecule has 0 bridgehead atoms. The molecule has 0 atom stereocenters. The molecule has 1 rings (SSSR count). The predicted octanol–water partition coefficient (Wildman–Crippen LogP) is 0.426. The zero-order chi connectivity index (χ0) is 12.2. The van der Waals surface area contributed by atoms with Crippen LogP contribution in [0, 0.1) is 0 Å². The lowest BCUT2D eigenvalue weighted by molar-refractivity contribution is -0.173. The fourth-order valence-electron chi connectivity index (χ4n) is 1.05. The van der Waals surface area contributed by atoms with Crippen molar-refractivity contribution in [2.24, 2.45) is 7.05 Å². The number of hydrogen-bond donors (Lipinski definition) is 1. The Hall–Kier alpha value is -1.60. The van der Waals surface area contributed by atoms with Crippen LogP contribution in [0.4, 0.5) is 13.2 Å². The number of aromatic nitrogens is 3. The molecule has 8 heteroatoms. The summed E-state index contributed by atoms with van der Waals surface area (Å²) in [7, 11) is 1.70. The Labute approximate surface area is 89.7 Å². The van der Waals surface area contributed by atoms with Gasteiger partial charge in [0.25, 0.3) is 0 Å². The quantitative estimate of drug-likeness (QED) is 0.771. The minimum absolute atomic E-state index is 0.0450. The Balaban J connectivity index is 2.20. The van der Waals surface area contributed by atoms with Crippen molar-refractivity contribution in [3.63, 3.8) is 0 Å². The maximum Gasteiger partial charge on any atom is 0.471 e. The van der Waals surface area contributed by atoms with Crippen LogP contribution >= 0.6 is 0 Å². The lowest BCUT2D eigenvalue weighted by Crippen LogP contribution is -2.37. The smallest absolute Gasteiger partial charge is 0.348 e. The molecule has 0 fully saturated rings. The zero-order valence-electron chi connectivity index (χ0n) is 8.58. The van der Waals surface area contributed by atoms with Crippen molar-refractivity contribution in [3.8, 4) is 0 Å². The standard InChI is InChI=1S/C8H11F3N4O/c1-15-5-13-6(14-15)3-2-4-12-7(16)8(9,10)11/h5H,2-4H2,1H3,(H,12,16). The maximum atomic E-state index is 11.8. The van der Waals surface area contributed by atoms with Crippen molar-refractivity contribution in [1.29, 1.82) is 0 Å². The van der Waals surface area contributed by atoms with Crippen LogP contribution in [0.15, 0.2) is 6.33 Å². The second kappa shape index (κ2) is 4.95. The van der Waals surface area contributed by atoms with Crippen LogP contribution in [0.5, 0.6) is 0 Å². The number of alkyl halides is 3. The molecule has 1 heterocycles. The first-order chi connectivity index (χ1) is 7.39. The molecule has 1 N–H and O–H groups in total. The van der Waals surface area contributed by atoms with E-state index in [4.69, 9.17) is 0 Å². The van der Waals surface area contributed by atoms with E-state index in [1.54, 1.807) is 12.4 Å². The summed E-state index contributed by atoms with van der Waals surface area (Å²) >= 11 is 0. The van der Waals surface area contributed by atoms with Crippen molar-refractivity contribution in [2.45, 2.75) is 19.0 Å². The van der Waals surface area contributed by atoms with Gasteiger partial charge in [-0.05, 0) is 6.42 Å². The Bertz CT molecular complexity index is 360. The third-order valence-corrected chi connectivity index (χ3v) is 1.77. The highest BCUT2D eigenvalue weighted by Crippen LogP contribution is 2.13. The average Bonchev–Trinajstić information content (AvgIpc) is 2.57. The van der Waals surface area contributed by atoms with E-state index in [1.165, 1.54) is 11.0 Å². The lowest BCUT2D eigenvalue weighted by Gasteiger charge is -2.06. The normalized spacial score (nSPS) is 11.5. The van der Waals surface area contributed by atoms with Crippen LogP contribution in [-0.2, 0) is 18.3 Å². The number of carbonyl (C=O) groups excluding carboxylic acids is 1. The predicted molar refractivity (Wildman–Crippen MR) is 48.4 cm³/mol. The molecule has 0 aliphatic heterocycles. The molecule has 90 valence electrons. The number of nitrogens with zero attached hydrogens (tertiary/aromatic N) is 3. The van der Waals surface area contributed by atoms with Gasteiger partial charge in [-0.3, -0.25) is 9.48 Å². The van der Waals surface area contributed by atoms with Crippen LogP contribution < -0.4 is 5.32 Å². The lowest BCUT2D eigenvalue weighted by atomic mass is 10.3. The van der Waals surface area contributed by atoms with Gasteiger partial charge in [-0.25, -0.2) is 4.98 Å². The number of carbonyl (C=O) groups is 1. The number of aryl methyl sites for hydroxylation is 2. The minimum atomic E-state index is -4.82. The summed E-state index contributed by atoms with van der Waals surface area (Å²) in [6, 6.07) is 0. The molecule has 0 aromatic carbocycles. The van der Waals surface area contributed by atoms with E-state index in [9.17, 15) is 18.0 Å². The molecule has 5 nitrogen and oxygen atoms in total. The monoisotopic (exact) mass is 236 g/mol. The van der Waals surface area contributed by atoms with Gasteiger partial charge in [-0.2, -0.15) is 18.3 Å². The fourth-order valence-corrected chi connectivity index (χ4v) is 1.05. The Morgan fingerprint density at radius 3 is 2.75 bits per heavy atom. The van der Waals surface area contributed by atoms with Crippen molar-refractivity contribution in [3.05, 3.63) is 12.2 Å². The highest BCUT2D eigenvalue weighted by molar-refractivity contribution is 5.81. The number of hydrogen-bond acceptors (Lipinski definition) is 3. The molecule has 1 aromatic heterocycles. The van der Waals surface area contributed by atoms with Gasteiger partial charge in [0.1, 0.15) is 6.33 Å². The highest BCUT2D eigenvalue weighted by Gasteiger charge is 2.38. The molecule has 0 saturated heterocycles. The zero-order valence-corrected chi connectivity index (χ0v) is 8.58. The maximum absolute atomic E-state index is 11.8. The number of nitrogens with one attached hydrogen (secondary N) is 1. The van der Waals surface area contributed by atoms with Gasteiger partial charge in [0, 0.05) is 20.0 Å². The number of rotatable bonds is 4. The van der Waals surface area contributed by atoms with Gasteiger partial charge >= 0.3 is 12.1 Å². The first kappa shape index (κ1) is 12.5. The molecule has 0 aliphatic rings. The van der Waals surface area contributed by atoms with Crippen LogP contribution in [-0.4, -0.2) is 33.4 Å². The molecule has 0 saturated carbocycles. The first-order valence-corrected chi connectivity index (χ1v) is 4.59. The second-order valence-electron chi connectivity index (χ2n) is 3.19. The SMILES string of the molecule is Cn1cnc(CCCNC(=O)C(F)(F)F)n1. The third-order valence-electron chi connectivity index (χ3n) is 1.77. The topological polar surface area (TPSA) is 59.8 Å². The van der Waals surface area contributed by atoms with Crippen molar-refractivity contribution >= 4 is 5.91 Å². The van der Waals surface area contributed by atoms with Crippen LogP contribution in [0.25, 0.3) is 0 Å². The molecule has 0 aliphatic carbocycles. The Morgan fingerprint density at radius 1 is 1.56 bits per heavy atom. The van der Waals surface area contributed by atoms with Crippen molar-refractivity contribution < 1.29 is 18.0 Å².